The van der Waals surface area contributed by atoms with Crippen LogP contribution in [0.5, 0.6) is 5.75 Å². The second-order valence-electron chi connectivity index (χ2n) is 7.43. The van der Waals surface area contributed by atoms with Crippen molar-refractivity contribution in [3.05, 3.63) is 76.1 Å². The van der Waals surface area contributed by atoms with Crippen LogP contribution in [-0.2, 0) is 11.3 Å². The van der Waals surface area contributed by atoms with Crippen molar-refractivity contribution >= 4 is 28.7 Å². The molecule has 9 heteroatoms. The lowest BCUT2D eigenvalue weighted by Crippen LogP contribution is -2.29. The van der Waals surface area contributed by atoms with Gasteiger partial charge in [-0.25, -0.2) is 4.98 Å². The second kappa shape index (κ2) is 9.35. The van der Waals surface area contributed by atoms with Crippen molar-refractivity contribution in [2.75, 3.05) is 12.9 Å². The summed E-state index contributed by atoms with van der Waals surface area (Å²) in [6.45, 7) is 4.02. The summed E-state index contributed by atoms with van der Waals surface area (Å²) in [5.41, 5.74) is 2.61. The van der Waals surface area contributed by atoms with Crippen molar-refractivity contribution in [1.29, 1.82) is 0 Å². The van der Waals surface area contributed by atoms with Crippen LogP contribution in [0.2, 0.25) is 0 Å². The van der Waals surface area contributed by atoms with Crippen LogP contribution in [0.3, 0.4) is 0 Å². The molecule has 1 atom stereocenters. The Kier molecular flexibility index (Phi) is 6.36. The zero-order valence-electron chi connectivity index (χ0n) is 18.0. The Balaban J connectivity index is 1.52. The maximum absolute atomic E-state index is 13.1. The van der Waals surface area contributed by atoms with E-state index in [0.717, 1.165) is 17.0 Å². The summed E-state index contributed by atoms with van der Waals surface area (Å²) in [7, 11) is 1.61. The summed E-state index contributed by atoms with van der Waals surface area (Å²) < 4.78 is 12.2. The molecule has 1 amide bonds. The van der Waals surface area contributed by atoms with E-state index in [-0.39, 0.29) is 29.8 Å². The number of H-pyrrole nitrogens is 1. The van der Waals surface area contributed by atoms with Gasteiger partial charge < -0.3 is 19.5 Å². The van der Waals surface area contributed by atoms with Gasteiger partial charge in [-0.15, -0.1) is 0 Å². The zero-order chi connectivity index (χ0) is 22.7. The summed E-state index contributed by atoms with van der Waals surface area (Å²) >= 11 is 1.22. The van der Waals surface area contributed by atoms with Crippen LogP contribution in [0.25, 0.3) is 11.0 Å². The van der Waals surface area contributed by atoms with E-state index in [2.05, 4.69) is 15.3 Å². The highest BCUT2D eigenvalue weighted by Gasteiger charge is 2.17. The number of furan rings is 1. The summed E-state index contributed by atoms with van der Waals surface area (Å²) in [4.78, 5) is 33.4. The van der Waals surface area contributed by atoms with E-state index < -0.39 is 0 Å². The summed E-state index contributed by atoms with van der Waals surface area (Å²) in [5, 5.41) is 3.44. The van der Waals surface area contributed by atoms with Gasteiger partial charge in [0.05, 0.1) is 37.2 Å². The number of nitrogens with zero attached hydrogens (tertiary/aromatic N) is 2. The molecule has 0 aliphatic heterocycles. The van der Waals surface area contributed by atoms with Crippen molar-refractivity contribution in [2.24, 2.45) is 0 Å². The molecule has 0 aliphatic rings. The SMILES string of the molecule is COc1cccc([C@@H](C)NC(=O)CSc2nc3cc(C)[nH]c3c(=O)n2Cc2ccco2)c1. The molecule has 0 aliphatic carbocycles. The highest BCUT2D eigenvalue weighted by Crippen LogP contribution is 2.21. The Labute approximate surface area is 189 Å². The maximum atomic E-state index is 13.1. The van der Waals surface area contributed by atoms with Gasteiger partial charge in [-0.3, -0.25) is 14.2 Å². The first-order valence-electron chi connectivity index (χ1n) is 10.1. The van der Waals surface area contributed by atoms with Crippen LogP contribution in [0.15, 0.2) is 63.1 Å². The Hall–Kier alpha value is -3.46. The fourth-order valence-electron chi connectivity index (χ4n) is 3.43. The first kappa shape index (κ1) is 21.8. The first-order valence-corrected chi connectivity index (χ1v) is 11.1. The van der Waals surface area contributed by atoms with Gasteiger partial charge in [-0.2, -0.15) is 0 Å². The van der Waals surface area contributed by atoms with Crippen molar-refractivity contribution in [3.8, 4) is 5.75 Å². The number of aryl methyl sites for hydroxylation is 1. The first-order chi connectivity index (χ1) is 15.4. The largest absolute Gasteiger partial charge is 0.497 e. The number of aromatic nitrogens is 3. The fourth-order valence-corrected chi connectivity index (χ4v) is 4.24. The Morgan fingerprint density at radius 2 is 2.16 bits per heavy atom. The summed E-state index contributed by atoms with van der Waals surface area (Å²) in [6, 6.07) is 12.8. The number of carbonyl (C=O) groups excluding carboxylic acids is 1. The van der Waals surface area contributed by atoms with Gasteiger partial charge in [0.2, 0.25) is 5.91 Å². The molecule has 0 saturated carbocycles. The van der Waals surface area contributed by atoms with E-state index in [0.29, 0.717) is 22.0 Å². The molecule has 32 heavy (non-hydrogen) atoms. The highest BCUT2D eigenvalue weighted by molar-refractivity contribution is 7.99. The Morgan fingerprint density at radius 3 is 2.91 bits per heavy atom. The number of rotatable bonds is 8. The predicted molar refractivity (Wildman–Crippen MR) is 123 cm³/mol. The Morgan fingerprint density at radius 1 is 1.31 bits per heavy atom. The van der Waals surface area contributed by atoms with Gasteiger partial charge in [0, 0.05) is 5.69 Å². The predicted octanol–water partition coefficient (Wildman–Crippen LogP) is 3.65. The number of benzene rings is 1. The normalized spacial score (nSPS) is 12.1. The third kappa shape index (κ3) is 4.72. The molecule has 4 rings (SSSR count). The van der Waals surface area contributed by atoms with Crippen LogP contribution >= 0.6 is 11.8 Å². The number of carbonyl (C=O) groups is 1. The monoisotopic (exact) mass is 452 g/mol. The number of fused-ring (bicyclic) bond motifs is 1. The van der Waals surface area contributed by atoms with Gasteiger partial charge in [0.1, 0.15) is 17.0 Å². The van der Waals surface area contributed by atoms with Crippen molar-refractivity contribution in [3.63, 3.8) is 0 Å². The van der Waals surface area contributed by atoms with E-state index in [9.17, 15) is 9.59 Å². The van der Waals surface area contributed by atoms with Crippen molar-refractivity contribution in [2.45, 2.75) is 31.6 Å². The molecule has 0 radical (unpaired) electrons. The number of aromatic amines is 1. The molecule has 3 heterocycles. The van der Waals surface area contributed by atoms with Gasteiger partial charge in [-0.1, -0.05) is 23.9 Å². The minimum absolute atomic E-state index is 0.119. The molecule has 2 N–H and O–H groups in total. The summed E-state index contributed by atoms with van der Waals surface area (Å²) in [6.07, 6.45) is 1.56. The number of methoxy groups -OCH3 is 1. The molecular formula is C23H24N4O4S. The molecule has 4 aromatic rings. The van der Waals surface area contributed by atoms with Crippen molar-refractivity contribution in [1.82, 2.24) is 19.9 Å². The van der Waals surface area contributed by atoms with E-state index in [1.165, 1.54) is 16.3 Å². The van der Waals surface area contributed by atoms with E-state index in [4.69, 9.17) is 9.15 Å². The molecule has 3 aromatic heterocycles. The minimum Gasteiger partial charge on any atom is -0.497 e. The van der Waals surface area contributed by atoms with E-state index in [1.54, 1.807) is 25.5 Å². The number of hydrogen-bond acceptors (Lipinski definition) is 6. The highest BCUT2D eigenvalue weighted by atomic mass is 32.2. The van der Waals surface area contributed by atoms with Crippen LogP contribution in [0.4, 0.5) is 0 Å². The molecule has 0 spiro atoms. The molecule has 0 unspecified atom stereocenters. The van der Waals surface area contributed by atoms with Gasteiger partial charge >= 0.3 is 0 Å². The lowest BCUT2D eigenvalue weighted by atomic mass is 10.1. The minimum atomic E-state index is -0.202. The van der Waals surface area contributed by atoms with Crippen LogP contribution in [0.1, 0.15) is 30.0 Å². The van der Waals surface area contributed by atoms with E-state index in [1.807, 2.05) is 44.2 Å². The van der Waals surface area contributed by atoms with Crippen LogP contribution < -0.4 is 15.6 Å². The van der Waals surface area contributed by atoms with Gasteiger partial charge in [0.15, 0.2) is 5.16 Å². The van der Waals surface area contributed by atoms with Crippen LogP contribution in [-0.4, -0.2) is 33.3 Å². The average molecular weight is 453 g/mol. The summed E-state index contributed by atoms with van der Waals surface area (Å²) in [5.74, 6) is 1.33. The number of ether oxygens (including phenoxy) is 1. The quantitative estimate of drug-likeness (QED) is 0.313. The molecule has 166 valence electrons. The number of nitrogens with one attached hydrogen (secondary N) is 2. The molecule has 1 aromatic carbocycles. The van der Waals surface area contributed by atoms with Gasteiger partial charge in [0.25, 0.3) is 5.56 Å². The van der Waals surface area contributed by atoms with Gasteiger partial charge in [-0.05, 0) is 49.7 Å². The third-order valence-electron chi connectivity index (χ3n) is 5.04. The fraction of sp³-hybridized carbons (Fsp3) is 0.261. The van der Waals surface area contributed by atoms with Crippen LogP contribution in [0, 0.1) is 6.92 Å². The topological polar surface area (TPSA) is 102 Å². The number of amides is 1. The number of hydrogen-bond donors (Lipinski definition) is 2. The maximum Gasteiger partial charge on any atom is 0.278 e. The number of thioether (sulfide) groups is 1. The standard InChI is InChI=1S/C23H24N4O4S/c1-14-10-19-21(24-14)22(29)27(12-18-8-5-9-31-18)23(26-19)32-13-20(28)25-15(2)16-6-4-7-17(11-16)30-3/h4-11,15,24H,12-13H2,1-3H3,(H,25,28)/t15-/m1/s1. The molecule has 0 fully saturated rings. The van der Waals surface area contributed by atoms with Crippen molar-refractivity contribution < 1.29 is 13.9 Å². The lowest BCUT2D eigenvalue weighted by Gasteiger charge is -2.15. The molecule has 0 bridgehead atoms. The molecule has 0 saturated heterocycles. The average Bonchev–Trinajstić information content (AvgIpc) is 3.43. The van der Waals surface area contributed by atoms with E-state index >= 15 is 0 Å². The second-order valence-corrected chi connectivity index (χ2v) is 8.37. The zero-order valence-corrected chi connectivity index (χ0v) is 18.9. The Bertz CT molecular complexity index is 1290. The molecular weight excluding hydrogens is 428 g/mol. The third-order valence-corrected chi connectivity index (χ3v) is 6.01. The lowest BCUT2D eigenvalue weighted by molar-refractivity contribution is -0.119. The molecule has 8 nitrogen and oxygen atoms in total. The smallest absolute Gasteiger partial charge is 0.278 e.